The van der Waals surface area contributed by atoms with E-state index in [9.17, 15) is 4.79 Å². The smallest absolute Gasteiger partial charge is 0.316 e. The first kappa shape index (κ1) is 15.9. The summed E-state index contributed by atoms with van der Waals surface area (Å²) in [5, 5.41) is 17.9. The van der Waals surface area contributed by atoms with Gasteiger partial charge in [-0.2, -0.15) is 5.26 Å². The maximum atomic E-state index is 11.0. The molecule has 6 heteroatoms. The molecule has 0 aliphatic rings. The molecule has 0 aliphatic carbocycles. The number of carboxylic acid groups (broad SMARTS) is 1. The van der Waals surface area contributed by atoms with Crippen molar-refractivity contribution in [2.45, 2.75) is 17.2 Å². The lowest BCUT2D eigenvalue weighted by Gasteiger charge is -2.09. The SMILES string of the molecule is COc1cccc(-c2ccc(C#N)c(SC(C)C(=O)O)n2)c1. The van der Waals surface area contributed by atoms with Crippen LogP contribution in [0.15, 0.2) is 41.4 Å². The van der Waals surface area contributed by atoms with Crippen molar-refractivity contribution >= 4 is 17.7 Å². The van der Waals surface area contributed by atoms with Crippen LogP contribution in [0.5, 0.6) is 5.75 Å². The van der Waals surface area contributed by atoms with Gasteiger partial charge in [-0.25, -0.2) is 4.98 Å². The van der Waals surface area contributed by atoms with Crippen molar-refractivity contribution in [1.29, 1.82) is 5.26 Å². The lowest BCUT2D eigenvalue weighted by Crippen LogP contribution is -2.12. The molecular weight excluding hydrogens is 300 g/mol. The van der Waals surface area contributed by atoms with Crippen molar-refractivity contribution in [1.82, 2.24) is 4.98 Å². The number of hydrogen-bond donors (Lipinski definition) is 1. The molecule has 5 nitrogen and oxygen atoms in total. The number of carboxylic acids is 1. The fourth-order valence-electron chi connectivity index (χ4n) is 1.78. The number of benzene rings is 1. The summed E-state index contributed by atoms with van der Waals surface area (Å²) in [6, 6.07) is 12.8. The number of aromatic nitrogens is 1. The number of methoxy groups -OCH3 is 1. The van der Waals surface area contributed by atoms with E-state index < -0.39 is 11.2 Å². The Labute approximate surface area is 132 Å². The maximum absolute atomic E-state index is 11.0. The van der Waals surface area contributed by atoms with Gasteiger partial charge in [0.15, 0.2) is 0 Å². The van der Waals surface area contributed by atoms with Gasteiger partial charge in [-0.05, 0) is 31.2 Å². The highest BCUT2D eigenvalue weighted by Crippen LogP contribution is 2.29. The van der Waals surface area contributed by atoms with Crippen molar-refractivity contribution in [3.8, 4) is 23.1 Å². The third-order valence-electron chi connectivity index (χ3n) is 2.98. The van der Waals surface area contributed by atoms with Crippen molar-refractivity contribution in [2.24, 2.45) is 0 Å². The predicted molar refractivity (Wildman–Crippen MR) is 83.9 cm³/mol. The third-order valence-corrected chi connectivity index (χ3v) is 4.07. The Morgan fingerprint density at radius 2 is 2.18 bits per heavy atom. The minimum Gasteiger partial charge on any atom is -0.497 e. The van der Waals surface area contributed by atoms with Crippen LogP contribution in [0.25, 0.3) is 11.3 Å². The Morgan fingerprint density at radius 1 is 1.41 bits per heavy atom. The van der Waals surface area contributed by atoms with Crippen molar-refractivity contribution in [2.75, 3.05) is 7.11 Å². The van der Waals surface area contributed by atoms with Gasteiger partial charge in [-0.1, -0.05) is 23.9 Å². The third kappa shape index (κ3) is 3.57. The molecule has 0 aliphatic heterocycles. The molecule has 0 spiro atoms. The molecule has 1 N–H and O–H groups in total. The predicted octanol–water partition coefficient (Wildman–Crippen LogP) is 3.19. The Kier molecular flexibility index (Phi) is 5.02. The van der Waals surface area contributed by atoms with E-state index in [0.29, 0.717) is 22.0 Å². The first-order chi connectivity index (χ1) is 10.5. The Morgan fingerprint density at radius 3 is 2.82 bits per heavy atom. The summed E-state index contributed by atoms with van der Waals surface area (Å²) >= 11 is 1.06. The second-order valence-electron chi connectivity index (χ2n) is 4.49. The molecule has 0 bridgehead atoms. The van der Waals surface area contributed by atoms with Crippen LogP contribution in [-0.2, 0) is 4.79 Å². The molecule has 0 radical (unpaired) electrons. The van der Waals surface area contributed by atoms with Crippen LogP contribution in [0.4, 0.5) is 0 Å². The molecule has 2 aromatic rings. The van der Waals surface area contributed by atoms with Crippen LogP contribution in [0.2, 0.25) is 0 Å². The van der Waals surface area contributed by atoms with Gasteiger partial charge in [0, 0.05) is 5.56 Å². The van der Waals surface area contributed by atoms with Gasteiger partial charge in [0.25, 0.3) is 0 Å². The van der Waals surface area contributed by atoms with Gasteiger partial charge in [-0.3, -0.25) is 4.79 Å². The topological polar surface area (TPSA) is 83.2 Å². The summed E-state index contributed by atoms with van der Waals surface area (Å²) in [5.41, 5.74) is 1.87. The van der Waals surface area contributed by atoms with E-state index in [4.69, 9.17) is 15.1 Å². The number of rotatable bonds is 5. The molecule has 2 rings (SSSR count). The molecule has 0 saturated carbocycles. The molecule has 22 heavy (non-hydrogen) atoms. The number of aliphatic carboxylic acids is 1. The molecule has 1 atom stereocenters. The van der Waals surface area contributed by atoms with Gasteiger partial charge in [0.2, 0.25) is 0 Å². The number of nitrogens with zero attached hydrogens (tertiary/aromatic N) is 2. The number of carbonyl (C=O) groups is 1. The molecule has 0 fully saturated rings. The van der Waals surface area contributed by atoms with Crippen LogP contribution in [0, 0.1) is 11.3 Å². The summed E-state index contributed by atoms with van der Waals surface area (Å²) < 4.78 is 5.18. The van der Waals surface area contributed by atoms with E-state index in [0.717, 1.165) is 17.3 Å². The van der Waals surface area contributed by atoms with Crippen LogP contribution in [0.3, 0.4) is 0 Å². The first-order valence-electron chi connectivity index (χ1n) is 6.50. The van der Waals surface area contributed by atoms with Gasteiger partial charge >= 0.3 is 5.97 Å². The number of nitriles is 1. The van der Waals surface area contributed by atoms with Gasteiger partial charge in [-0.15, -0.1) is 0 Å². The molecule has 112 valence electrons. The standard InChI is InChI=1S/C16H14N2O3S/c1-10(16(19)20)22-15-12(9-17)6-7-14(18-15)11-4-3-5-13(8-11)21-2/h3-8,10H,1-2H3,(H,19,20). The zero-order valence-electron chi connectivity index (χ0n) is 12.1. The fraction of sp³-hybridized carbons (Fsp3) is 0.188. The summed E-state index contributed by atoms with van der Waals surface area (Å²) in [4.78, 5) is 15.4. The highest BCUT2D eigenvalue weighted by atomic mass is 32.2. The molecule has 1 aromatic heterocycles. The van der Waals surface area contributed by atoms with E-state index in [2.05, 4.69) is 4.98 Å². The molecular formula is C16H14N2O3S. The summed E-state index contributed by atoms with van der Waals surface area (Å²) in [6.07, 6.45) is 0. The van der Waals surface area contributed by atoms with E-state index in [1.54, 1.807) is 26.2 Å². The first-order valence-corrected chi connectivity index (χ1v) is 7.38. The Hall–Kier alpha value is -2.52. The second-order valence-corrected chi connectivity index (χ2v) is 5.82. The number of thioether (sulfide) groups is 1. The van der Waals surface area contributed by atoms with Crippen LogP contribution < -0.4 is 4.74 Å². The van der Waals surface area contributed by atoms with Crippen LogP contribution >= 0.6 is 11.8 Å². The lowest BCUT2D eigenvalue weighted by molar-refractivity contribution is -0.136. The van der Waals surface area contributed by atoms with Gasteiger partial charge < -0.3 is 9.84 Å². The highest BCUT2D eigenvalue weighted by molar-refractivity contribution is 8.00. The van der Waals surface area contributed by atoms with Crippen molar-refractivity contribution in [3.63, 3.8) is 0 Å². The van der Waals surface area contributed by atoms with E-state index in [-0.39, 0.29) is 0 Å². The Bertz CT molecular complexity index is 740. The normalized spacial score (nSPS) is 11.5. The molecule has 1 heterocycles. The summed E-state index contributed by atoms with van der Waals surface area (Å²) in [7, 11) is 1.58. The minimum absolute atomic E-state index is 0.366. The zero-order valence-corrected chi connectivity index (χ0v) is 12.9. The molecule has 0 saturated heterocycles. The molecule has 0 amide bonds. The zero-order chi connectivity index (χ0) is 16.1. The average molecular weight is 314 g/mol. The van der Waals surface area contributed by atoms with Crippen LogP contribution in [0.1, 0.15) is 12.5 Å². The van der Waals surface area contributed by atoms with E-state index >= 15 is 0 Å². The van der Waals surface area contributed by atoms with Crippen molar-refractivity contribution < 1.29 is 14.6 Å². The number of pyridine rings is 1. The molecule has 1 aromatic carbocycles. The van der Waals surface area contributed by atoms with Crippen molar-refractivity contribution in [3.05, 3.63) is 42.0 Å². The molecule has 1 unspecified atom stereocenters. The lowest BCUT2D eigenvalue weighted by atomic mass is 10.1. The van der Waals surface area contributed by atoms with Crippen LogP contribution in [-0.4, -0.2) is 28.4 Å². The van der Waals surface area contributed by atoms with Gasteiger partial charge in [0.05, 0.1) is 18.4 Å². The largest absolute Gasteiger partial charge is 0.497 e. The monoisotopic (exact) mass is 314 g/mol. The van der Waals surface area contributed by atoms with Gasteiger partial charge in [0.1, 0.15) is 22.1 Å². The highest BCUT2D eigenvalue weighted by Gasteiger charge is 2.17. The summed E-state index contributed by atoms with van der Waals surface area (Å²) in [5.74, 6) is -0.237. The fourth-order valence-corrected chi connectivity index (χ4v) is 2.60. The number of hydrogen-bond acceptors (Lipinski definition) is 5. The second kappa shape index (κ2) is 6.96. The van der Waals surface area contributed by atoms with E-state index in [1.165, 1.54) is 0 Å². The quantitative estimate of drug-likeness (QED) is 0.853. The Balaban J connectivity index is 2.42. The van der Waals surface area contributed by atoms with E-state index in [1.807, 2.05) is 30.3 Å². The summed E-state index contributed by atoms with van der Waals surface area (Å²) in [6.45, 7) is 1.56. The average Bonchev–Trinajstić information content (AvgIpc) is 2.54. The maximum Gasteiger partial charge on any atom is 0.316 e. The number of ether oxygens (including phenoxy) is 1. The minimum atomic E-state index is -0.942.